The Morgan fingerprint density at radius 3 is 1.17 bits per heavy atom. The summed E-state index contributed by atoms with van der Waals surface area (Å²) in [5.41, 5.74) is 9.70. The Labute approximate surface area is 391 Å². The molecule has 7 aromatic rings. The van der Waals surface area contributed by atoms with E-state index in [0.29, 0.717) is 0 Å². The molecule has 0 unspecified atom stereocenters. The first kappa shape index (κ1) is 38.7. The Morgan fingerprint density at radius 2 is 0.850 bits per heavy atom. The average Bonchev–Trinajstić information content (AvgIpc) is 4.11. The van der Waals surface area contributed by atoms with Crippen LogP contribution in [0.1, 0.15) is 0 Å². The van der Waals surface area contributed by atoms with Gasteiger partial charge in [0.15, 0.2) is 13.4 Å². The van der Waals surface area contributed by atoms with Gasteiger partial charge in [0.25, 0.3) is 0 Å². The van der Waals surface area contributed by atoms with Crippen LogP contribution in [0.2, 0.25) is 0 Å². The Balaban J connectivity index is 0.00000204. The van der Waals surface area contributed by atoms with E-state index in [1.165, 1.54) is 30.5 Å². The molecule has 0 fully saturated rings. The Bertz CT molecular complexity index is 2760. The largest absolute Gasteiger partial charge is 0.510 e. The van der Waals surface area contributed by atoms with Crippen LogP contribution in [-0.4, -0.2) is 76.8 Å². The van der Waals surface area contributed by atoms with Crippen molar-refractivity contribution in [2.24, 2.45) is 0 Å². The summed E-state index contributed by atoms with van der Waals surface area (Å²) in [6.45, 7) is 3.58. The quantitative estimate of drug-likeness (QED) is 0.191. The van der Waals surface area contributed by atoms with Crippen LogP contribution in [0.15, 0.2) is 126 Å². The van der Waals surface area contributed by atoms with Crippen molar-refractivity contribution >= 4 is 105 Å². The second-order valence-corrected chi connectivity index (χ2v) is 18.2. The van der Waals surface area contributed by atoms with Crippen molar-refractivity contribution in [1.82, 2.24) is 49.3 Å². The second-order valence-electron chi connectivity index (χ2n) is 14.2. The molecule has 13 rings (SSSR count). The molecule has 12 nitrogen and oxygen atoms in total. The zero-order chi connectivity index (χ0) is 38.2. The van der Waals surface area contributed by atoms with E-state index < -0.39 is 0 Å². The molecular formula is C40H22B2N12Pt2S4-6. The number of anilines is 2. The summed E-state index contributed by atoms with van der Waals surface area (Å²) < 4.78 is 3.63. The Kier molecular flexibility index (Phi) is 9.51. The van der Waals surface area contributed by atoms with E-state index in [9.17, 15) is 0 Å². The minimum Gasteiger partial charge on any atom is -0.510 e. The zero-order valence-corrected chi connectivity index (χ0v) is 38.8. The Morgan fingerprint density at radius 1 is 0.500 bits per heavy atom. The first-order valence-electron chi connectivity index (χ1n) is 18.2. The minimum absolute atomic E-state index is 0. The minimum atomic E-state index is -0.237. The van der Waals surface area contributed by atoms with E-state index in [-0.39, 0.29) is 55.6 Å². The molecule has 0 atom stereocenters. The fourth-order valence-electron chi connectivity index (χ4n) is 8.14. The molecule has 0 radical (unpaired) electrons. The molecular weight excluding hydrogens is 1190 g/mol. The first-order chi connectivity index (χ1) is 28.5. The third kappa shape index (κ3) is 5.88. The molecule has 60 heavy (non-hydrogen) atoms. The number of benzene rings is 1. The molecule has 0 spiro atoms. The van der Waals surface area contributed by atoms with Crippen molar-refractivity contribution in [1.29, 1.82) is 0 Å². The number of rotatable bonds is 4. The van der Waals surface area contributed by atoms with E-state index in [1.54, 1.807) is 59.4 Å². The van der Waals surface area contributed by atoms with Gasteiger partial charge in [0, 0.05) is 86.5 Å². The maximum Gasteiger partial charge on any atom is 0.199 e. The maximum absolute atomic E-state index is 5.17. The van der Waals surface area contributed by atoms with Crippen LogP contribution >= 0.6 is 47.0 Å². The van der Waals surface area contributed by atoms with Crippen molar-refractivity contribution in [3.8, 4) is 11.4 Å². The van der Waals surface area contributed by atoms with E-state index in [1.807, 2.05) is 121 Å². The van der Waals surface area contributed by atoms with Crippen molar-refractivity contribution < 1.29 is 42.1 Å². The van der Waals surface area contributed by atoms with Gasteiger partial charge in [-0.2, -0.15) is 69.7 Å². The van der Waals surface area contributed by atoms with Crippen molar-refractivity contribution in [2.45, 2.75) is 39.7 Å². The first-order valence-corrected chi connectivity index (χ1v) is 21.5. The molecule has 0 saturated carbocycles. The van der Waals surface area contributed by atoms with Gasteiger partial charge in [-0.25, -0.2) is 0 Å². The summed E-state index contributed by atoms with van der Waals surface area (Å²) in [4.78, 5) is 33.4. The fourth-order valence-corrected chi connectivity index (χ4v) is 13.2. The summed E-state index contributed by atoms with van der Waals surface area (Å²) in [5.74, 6) is 0. The van der Waals surface area contributed by atoms with E-state index in [0.717, 1.165) is 64.7 Å². The van der Waals surface area contributed by atoms with Gasteiger partial charge in [0.05, 0.1) is 0 Å². The van der Waals surface area contributed by atoms with E-state index >= 15 is 0 Å². The van der Waals surface area contributed by atoms with Crippen LogP contribution in [0.5, 0.6) is 0 Å². The van der Waals surface area contributed by atoms with E-state index in [2.05, 4.69) is 44.3 Å². The smallest absolute Gasteiger partial charge is 0.199 e. The van der Waals surface area contributed by atoms with Gasteiger partial charge >= 0.3 is 0 Å². The fraction of sp³-hybridized carbons (Fsp3) is 0.0500. The summed E-state index contributed by atoms with van der Waals surface area (Å²) in [7, 11) is 4.03. The molecule has 6 aliphatic rings. The van der Waals surface area contributed by atoms with Gasteiger partial charge < -0.3 is 39.5 Å². The molecule has 0 amide bonds. The summed E-state index contributed by atoms with van der Waals surface area (Å²) in [6, 6.07) is 19.1. The van der Waals surface area contributed by atoms with Crippen molar-refractivity contribution in [3.05, 3.63) is 124 Å². The van der Waals surface area contributed by atoms with Crippen molar-refractivity contribution in [2.75, 3.05) is 23.9 Å². The SMILES string of the molecule is CN1C=CN(c2[c-]c3c(nc2)Sc2c4c5c(c6c2B3c2[c-]c(-n3cccn3)cnc2S6)Sc2ncc(-n3cccn3)[c-]c2B5c2[c-]c(N3C=CN(C)[CH-]3)cnc2S4)[CH-]1.[Pt].[Pt]. The van der Waals surface area contributed by atoms with Crippen LogP contribution in [0.3, 0.4) is 0 Å². The van der Waals surface area contributed by atoms with Gasteiger partial charge in [-0.1, -0.05) is 36.2 Å². The second kappa shape index (κ2) is 14.7. The van der Waals surface area contributed by atoms with Gasteiger partial charge in [0.1, 0.15) is 0 Å². The molecule has 0 aliphatic carbocycles. The number of nitrogens with zero attached hydrogens (tertiary/aromatic N) is 12. The van der Waals surface area contributed by atoms with Crippen molar-refractivity contribution in [3.63, 3.8) is 0 Å². The van der Waals surface area contributed by atoms with Gasteiger partial charge in [-0.3, -0.25) is 9.36 Å². The molecule has 6 aromatic heterocycles. The zero-order valence-electron chi connectivity index (χ0n) is 31.0. The molecule has 12 heterocycles. The number of aromatic nitrogens is 8. The number of pyridine rings is 4. The number of hydrogen-bond donors (Lipinski definition) is 0. The van der Waals surface area contributed by atoms with Gasteiger partial charge in [0.2, 0.25) is 0 Å². The predicted molar refractivity (Wildman–Crippen MR) is 226 cm³/mol. The molecule has 20 heteroatoms. The van der Waals surface area contributed by atoms with Crippen LogP contribution in [0.4, 0.5) is 11.4 Å². The van der Waals surface area contributed by atoms with Crippen LogP contribution in [-0.2, 0) is 42.1 Å². The van der Waals surface area contributed by atoms with Crippen LogP contribution in [0.25, 0.3) is 11.4 Å². The number of hydrogen-bond acceptors (Lipinski definition) is 14. The summed E-state index contributed by atoms with van der Waals surface area (Å²) in [5, 5.41) is 12.7. The Hall–Kier alpha value is -4.17. The normalized spacial score (nSPS) is 15.8. The molecule has 0 N–H and O–H groups in total. The maximum atomic E-state index is 5.17. The average molecular weight is 1210 g/mol. The summed E-state index contributed by atoms with van der Waals surface area (Å²) in [6.07, 6.45) is 23.0. The third-order valence-electron chi connectivity index (χ3n) is 10.7. The van der Waals surface area contributed by atoms with Gasteiger partial charge in [-0.05, 0) is 93.4 Å². The summed E-state index contributed by atoms with van der Waals surface area (Å²) >= 11 is 6.86. The molecule has 1 aromatic carbocycles. The molecule has 0 saturated heterocycles. The number of fused-ring (bicyclic) bond motifs is 10. The monoisotopic (exact) mass is 1210 g/mol. The van der Waals surface area contributed by atoms with Crippen LogP contribution in [0, 0.1) is 37.6 Å². The standard InChI is InChI=1S/C40H22B2N12S4.2Pt/c1-49-9-11-51(21-49)23-13-27-37(43-17-23)55-33-31-35(57-39-29(41(27)31)15-25(19-45-39)53-7-3-5-47-53)36-32-34(33)56-38-28(14-24(18-44-38)52-12-10-50(2)22-52)42(32)30-16-26(20-46-40(30)58-36)54-8-4-6-48-54;;/h3-12,17-22H,1-2H3;;/q-6;;. The van der Waals surface area contributed by atoms with Gasteiger partial charge in [-0.15, -0.1) is 47.0 Å². The molecule has 298 valence electrons. The van der Waals surface area contributed by atoms with Crippen LogP contribution < -0.4 is 42.6 Å². The molecule has 0 bridgehead atoms. The molecule has 6 aliphatic heterocycles. The topological polar surface area (TPSA) is 100 Å². The third-order valence-corrected chi connectivity index (χ3v) is 15.5. The van der Waals surface area contributed by atoms with E-state index in [4.69, 9.17) is 19.9 Å². The predicted octanol–water partition coefficient (Wildman–Crippen LogP) is 2.41.